The highest BCUT2D eigenvalue weighted by molar-refractivity contribution is 8.14. The van der Waals surface area contributed by atoms with Crippen LogP contribution in [0.3, 0.4) is 0 Å². The van der Waals surface area contributed by atoms with E-state index in [-0.39, 0.29) is 11.0 Å². The number of aliphatic hydroxyl groups is 1. The topological polar surface area (TPSA) is 57.0 Å². The number of aryl methyl sites for hydroxylation is 2. The van der Waals surface area contributed by atoms with E-state index in [1.165, 1.54) is 22.9 Å². The van der Waals surface area contributed by atoms with Gasteiger partial charge in [0.15, 0.2) is 5.17 Å². The van der Waals surface area contributed by atoms with Gasteiger partial charge in [0.1, 0.15) is 0 Å². The van der Waals surface area contributed by atoms with Crippen LogP contribution in [0.15, 0.2) is 52.9 Å². The molecule has 2 N–H and O–H groups in total. The van der Waals surface area contributed by atoms with Gasteiger partial charge in [-0.3, -0.25) is 5.43 Å². The lowest BCUT2D eigenvalue weighted by atomic mass is 10.0. The van der Waals surface area contributed by atoms with E-state index in [0.717, 1.165) is 17.7 Å². The van der Waals surface area contributed by atoms with Gasteiger partial charge in [-0.25, -0.2) is 4.99 Å². The van der Waals surface area contributed by atoms with Crippen molar-refractivity contribution < 1.29 is 5.11 Å². The molecule has 1 unspecified atom stereocenters. The van der Waals surface area contributed by atoms with Crippen LogP contribution in [0.25, 0.3) is 0 Å². The molecule has 0 radical (unpaired) electrons. The van der Waals surface area contributed by atoms with Crippen LogP contribution in [0.2, 0.25) is 0 Å². The number of aliphatic imine (C=N–C) groups is 1. The Morgan fingerprint density at radius 2 is 2.32 bits per heavy atom. The molecule has 1 aromatic carbocycles. The van der Waals surface area contributed by atoms with Gasteiger partial charge in [0.05, 0.1) is 22.9 Å². The van der Waals surface area contributed by atoms with Crippen molar-refractivity contribution in [1.29, 1.82) is 0 Å². The van der Waals surface area contributed by atoms with Gasteiger partial charge in [-0.15, -0.1) is 0 Å². The fraction of sp³-hybridized carbons (Fsp3) is 0.294. The zero-order valence-corrected chi connectivity index (χ0v) is 13.8. The average Bonchev–Trinajstić information content (AvgIpc) is 2.80. The van der Waals surface area contributed by atoms with Gasteiger partial charge in [-0.2, -0.15) is 5.10 Å². The van der Waals surface area contributed by atoms with Crippen LogP contribution in [-0.2, 0) is 6.42 Å². The number of hydrogen-bond donors (Lipinski definition) is 2. The van der Waals surface area contributed by atoms with Gasteiger partial charge in [0.25, 0.3) is 0 Å². The van der Waals surface area contributed by atoms with Crippen LogP contribution in [-0.4, -0.2) is 21.7 Å². The number of aliphatic hydroxyl groups excluding tert-OH is 1. The van der Waals surface area contributed by atoms with Crippen molar-refractivity contribution in [2.45, 2.75) is 31.9 Å². The van der Waals surface area contributed by atoms with Gasteiger partial charge in [-0.1, -0.05) is 44.0 Å². The maximum absolute atomic E-state index is 9.26. The zero-order chi connectivity index (χ0) is 16.1. The molecule has 1 heterocycles. The minimum Gasteiger partial charge on any atom is -0.513 e. The van der Waals surface area contributed by atoms with E-state index in [9.17, 15) is 5.11 Å². The molecule has 0 spiro atoms. The first kappa shape index (κ1) is 16.4. The Bertz CT molecular complexity index is 649. The number of nitrogens with zero attached hydrogens (tertiary/aromatic N) is 2. The molecule has 0 aliphatic carbocycles. The molecule has 1 aliphatic heterocycles. The van der Waals surface area contributed by atoms with Crippen LogP contribution in [0.4, 0.5) is 0 Å². The summed E-state index contributed by atoms with van der Waals surface area (Å²) in [5, 5.41) is 14.2. The van der Waals surface area contributed by atoms with Gasteiger partial charge in [0, 0.05) is 6.42 Å². The lowest BCUT2D eigenvalue weighted by molar-refractivity contribution is 0.393. The second-order valence-corrected chi connectivity index (χ2v) is 6.39. The number of hydrazone groups is 1. The lowest BCUT2D eigenvalue weighted by Gasteiger charge is -2.07. The molecule has 1 atom stereocenters. The molecule has 0 bridgehead atoms. The number of benzene rings is 1. The molecule has 0 fully saturated rings. The number of hydrogen-bond acceptors (Lipinski definition) is 5. The molecule has 2 rings (SSSR count). The first-order valence-corrected chi connectivity index (χ1v) is 8.07. The van der Waals surface area contributed by atoms with Crippen molar-refractivity contribution in [2.24, 2.45) is 10.1 Å². The van der Waals surface area contributed by atoms with E-state index in [1.54, 1.807) is 6.21 Å². The molecule has 0 aromatic heterocycles. The minimum absolute atomic E-state index is 0.0290. The molecule has 116 valence electrons. The van der Waals surface area contributed by atoms with Gasteiger partial charge < -0.3 is 5.11 Å². The third-order valence-electron chi connectivity index (χ3n) is 3.42. The van der Waals surface area contributed by atoms with Gasteiger partial charge in [-0.05, 0) is 36.1 Å². The van der Waals surface area contributed by atoms with Crippen LogP contribution >= 0.6 is 11.8 Å². The molecule has 0 amide bonds. The van der Waals surface area contributed by atoms with Crippen molar-refractivity contribution in [3.05, 3.63) is 59.5 Å². The molecular formula is C17H21N3OS. The van der Waals surface area contributed by atoms with Crippen molar-refractivity contribution in [3.63, 3.8) is 0 Å². The molecule has 4 nitrogen and oxygen atoms in total. The highest BCUT2D eigenvalue weighted by Crippen LogP contribution is 2.31. The Morgan fingerprint density at radius 3 is 3.00 bits per heavy atom. The third-order valence-corrected chi connectivity index (χ3v) is 4.55. The Kier molecular flexibility index (Phi) is 5.44. The first-order chi connectivity index (χ1) is 10.5. The van der Waals surface area contributed by atoms with Gasteiger partial charge in [0.2, 0.25) is 0 Å². The van der Waals surface area contributed by atoms with E-state index in [0.29, 0.717) is 11.6 Å². The largest absolute Gasteiger partial charge is 0.513 e. The number of amidine groups is 1. The van der Waals surface area contributed by atoms with Crippen LogP contribution < -0.4 is 5.43 Å². The summed E-state index contributed by atoms with van der Waals surface area (Å²) in [5.41, 5.74) is 7.33. The Morgan fingerprint density at radius 1 is 1.55 bits per heavy atom. The summed E-state index contributed by atoms with van der Waals surface area (Å²) in [7, 11) is 0. The monoisotopic (exact) mass is 315 g/mol. The Balaban J connectivity index is 1.95. The standard InChI is InChI=1S/C17H21N3OS/c1-5-15-9-14(7-6-11(15)2)10-18-20-17-19-13(4)16(22-17)8-12(3)21/h6-7,9-10,16,21H,3-5,8H2,1-2H3,(H,19,20)/b18-10+. The van der Waals surface area contributed by atoms with Crippen molar-refractivity contribution in [1.82, 2.24) is 5.43 Å². The smallest absolute Gasteiger partial charge is 0.182 e. The minimum atomic E-state index is 0.0290. The fourth-order valence-corrected chi connectivity index (χ4v) is 3.18. The predicted octanol–water partition coefficient (Wildman–Crippen LogP) is 3.93. The summed E-state index contributed by atoms with van der Waals surface area (Å²) in [6.45, 7) is 11.6. The van der Waals surface area contributed by atoms with Gasteiger partial charge >= 0.3 is 0 Å². The normalized spacial score (nSPS) is 17.8. The predicted molar refractivity (Wildman–Crippen MR) is 95.6 cm³/mol. The first-order valence-electron chi connectivity index (χ1n) is 7.19. The van der Waals surface area contributed by atoms with Crippen LogP contribution in [0.5, 0.6) is 0 Å². The summed E-state index contributed by atoms with van der Waals surface area (Å²) in [4.78, 5) is 4.31. The second kappa shape index (κ2) is 7.31. The second-order valence-electron chi connectivity index (χ2n) is 5.19. The quantitative estimate of drug-likeness (QED) is 0.492. The molecular weight excluding hydrogens is 294 g/mol. The molecule has 5 heteroatoms. The zero-order valence-electron chi connectivity index (χ0n) is 13.0. The maximum Gasteiger partial charge on any atom is 0.182 e. The molecule has 22 heavy (non-hydrogen) atoms. The number of nitrogens with one attached hydrogen (secondary N) is 1. The van der Waals surface area contributed by atoms with Crippen LogP contribution in [0.1, 0.15) is 30.0 Å². The maximum atomic E-state index is 9.26. The van der Waals surface area contributed by atoms with E-state index in [4.69, 9.17) is 0 Å². The molecule has 0 saturated carbocycles. The van der Waals surface area contributed by atoms with Crippen molar-refractivity contribution in [2.75, 3.05) is 0 Å². The SMILES string of the molecule is C=C(O)CC1SC(N/N=C/c2ccc(C)c(CC)c2)=NC1=C. The third kappa shape index (κ3) is 4.24. The van der Waals surface area contributed by atoms with E-state index >= 15 is 0 Å². The highest BCUT2D eigenvalue weighted by atomic mass is 32.2. The molecule has 0 saturated heterocycles. The lowest BCUT2D eigenvalue weighted by Crippen LogP contribution is -2.13. The summed E-state index contributed by atoms with van der Waals surface area (Å²) in [6, 6.07) is 6.29. The van der Waals surface area contributed by atoms with E-state index < -0.39 is 0 Å². The van der Waals surface area contributed by atoms with Crippen molar-refractivity contribution in [3.8, 4) is 0 Å². The summed E-state index contributed by atoms with van der Waals surface area (Å²) in [5.74, 6) is 0.144. The molecule has 1 aromatic rings. The fourth-order valence-electron chi connectivity index (χ4n) is 2.17. The number of rotatable bonds is 5. The Hall–Kier alpha value is -2.01. The van der Waals surface area contributed by atoms with Crippen LogP contribution in [0, 0.1) is 6.92 Å². The summed E-state index contributed by atoms with van der Waals surface area (Å²) >= 11 is 1.50. The van der Waals surface area contributed by atoms with E-state index in [2.05, 4.69) is 54.7 Å². The average molecular weight is 315 g/mol. The summed E-state index contributed by atoms with van der Waals surface area (Å²) < 4.78 is 0. The number of allylic oxidation sites excluding steroid dienone is 1. The number of thioether (sulfide) groups is 1. The molecule has 1 aliphatic rings. The summed E-state index contributed by atoms with van der Waals surface area (Å²) in [6.07, 6.45) is 3.25. The Labute approximate surface area is 135 Å². The van der Waals surface area contributed by atoms with Crippen molar-refractivity contribution >= 4 is 23.1 Å². The van der Waals surface area contributed by atoms with E-state index in [1.807, 2.05) is 6.07 Å². The highest BCUT2D eigenvalue weighted by Gasteiger charge is 2.23.